The van der Waals surface area contributed by atoms with Crippen LogP contribution in [0.4, 0.5) is 8.78 Å². The summed E-state index contributed by atoms with van der Waals surface area (Å²) in [4.78, 5) is 10.5. The van der Waals surface area contributed by atoms with Crippen LogP contribution in [0.15, 0.2) is 18.2 Å². The minimum Gasteiger partial charge on any atom is -0.479 e. The molecule has 1 rings (SSSR count). The van der Waals surface area contributed by atoms with Crippen LogP contribution in [-0.2, 0) is 4.79 Å². The third-order valence-corrected chi connectivity index (χ3v) is 2.14. The Balaban J connectivity index is 3.08. The van der Waals surface area contributed by atoms with E-state index >= 15 is 0 Å². The minimum absolute atomic E-state index is 0.202. The molecule has 7 heteroatoms. The van der Waals surface area contributed by atoms with Gasteiger partial charge in [-0.05, 0) is 6.07 Å². The molecule has 88 valence electrons. The molecule has 0 saturated carbocycles. The number of alkyl halides is 2. The van der Waals surface area contributed by atoms with E-state index in [0.29, 0.717) is 0 Å². The molecule has 1 atom stereocenters. The molecule has 4 nitrogen and oxygen atoms in total. The second kappa shape index (κ2) is 5.09. The lowest BCUT2D eigenvalue weighted by Crippen LogP contribution is -2.12. The molecule has 0 radical (unpaired) electrons. The first kappa shape index (κ1) is 12.7. The molecule has 0 aromatic heterocycles. The molecule has 1 unspecified atom stereocenters. The summed E-state index contributed by atoms with van der Waals surface area (Å²) in [6, 6.07) is 3.61. The SMILES string of the molecule is O=C(O)C(O)c1cccc(OC(F)F)c1Cl. The minimum atomic E-state index is -3.07. The summed E-state index contributed by atoms with van der Waals surface area (Å²) < 4.78 is 27.9. The topological polar surface area (TPSA) is 66.8 Å². The van der Waals surface area contributed by atoms with Gasteiger partial charge in [-0.2, -0.15) is 8.78 Å². The molecule has 0 aliphatic carbocycles. The number of aliphatic hydroxyl groups excluding tert-OH is 1. The van der Waals surface area contributed by atoms with Crippen molar-refractivity contribution in [1.29, 1.82) is 0 Å². The van der Waals surface area contributed by atoms with Crippen molar-refractivity contribution >= 4 is 17.6 Å². The van der Waals surface area contributed by atoms with E-state index in [9.17, 15) is 18.7 Å². The average Bonchev–Trinajstić information content (AvgIpc) is 2.19. The van der Waals surface area contributed by atoms with E-state index in [0.717, 1.165) is 6.07 Å². The van der Waals surface area contributed by atoms with Crippen molar-refractivity contribution in [3.8, 4) is 5.75 Å². The highest BCUT2D eigenvalue weighted by Gasteiger charge is 2.21. The first-order valence-corrected chi connectivity index (χ1v) is 4.45. The van der Waals surface area contributed by atoms with Crippen molar-refractivity contribution in [2.45, 2.75) is 12.7 Å². The lowest BCUT2D eigenvalue weighted by molar-refractivity contribution is -0.146. The van der Waals surface area contributed by atoms with E-state index in [2.05, 4.69) is 4.74 Å². The summed E-state index contributed by atoms with van der Waals surface area (Å²) in [7, 11) is 0. The summed E-state index contributed by atoms with van der Waals surface area (Å²) in [5, 5.41) is 17.4. The molecule has 1 aromatic carbocycles. The van der Waals surface area contributed by atoms with Crippen molar-refractivity contribution in [3.05, 3.63) is 28.8 Å². The fraction of sp³-hybridized carbons (Fsp3) is 0.222. The van der Waals surface area contributed by atoms with Gasteiger partial charge in [0.25, 0.3) is 0 Å². The van der Waals surface area contributed by atoms with E-state index in [1.807, 2.05) is 0 Å². The summed E-state index contributed by atoms with van der Waals surface area (Å²) in [5.74, 6) is -1.91. The second-order valence-corrected chi connectivity index (χ2v) is 3.16. The third kappa shape index (κ3) is 2.80. The zero-order chi connectivity index (χ0) is 12.3. The molecule has 0 aliphatic heterocycles. The van der Waals surface area contributed by atoms with E-state index in [1.165, 1.54) is 12.1 Å². The molecule has 1 aromatic rings. The predicted molar refractivity (Wildman–Crippen MR) is 50.7 cm³/mol. The van der Waals surface area contributed by atoms with Gasteiger partial charge in [0.15, 0.2) is 6.10 Å². The maximum atomic E-state index is 11.9. The highest BCUT2D eigenvalue weighted by molar-refractivity contribution is 6.33. The van der Waals surface area contributed by atoms with Crippen LogP contribution in [0.3, 0.4) is 0 Å². The summed E-state index contributed by atoms with van der Waals surface area (Å²) in [6.45, 7) is -3.07. The van der Waals surface area contributed by atoms with E-state index < -0.39 is 18.7 Å². The number of rotatable bonds is 4. The van der Waals surface area contributed by atoms with Crippen LogP contribution in [0.1, 0.15) is 11.7 Å². The second-order valence-electron chi connectivity index (χ2n) is 2.78. The van der Waals surface area contributed by atoms with Crippen molar-refractivity contribution in [2.75, 3.05) is 0 Å². The van der Waals surface area contributed by atoms with E-state index in [-0.39, 0.29) is 16.3 Å². The first-order valence-electron chi connectivity index (χ1n) is 4.07. The van der Waals surface area contributed by atoms with Crippen molar-refractivity contribution in [3.63, 3.8) is 0 Å². The summed E-state index contributed by atoms with van der Waals surface area (Å²) in [6.07, 6.45) is -1.88. The molecule has 2 N–H and O–H groups in total. The largest absolute Gasteiger partial charge is 0.479 e. The number of hydrogen-bond acceptors (Lipinski definition) is 3. The average molecular weight is 253 g/mol. The standard InChI is InChI=1S/C9H7ClF2O4/c10-6-4(7(13)8(14)15)2-1-3-5(6)16-9(11)12/h1-3,7,9,13H,(H,14,15). The monoisotopic (exact) mass is 252 g/mol. The Morgan fingerprint density at radius 3 is 2.56 bits per heavy atom. The van der Waals surface area contributed by atoms with Gasteiger partial charge in [-0.1, -0.05) is 23.7 Å². The van der Waals surface area contributed by atoms with Gasteiger partial charge in [-0.25, -0.2) is 4.79 Å². The van der Waals surface area contributed by atoms with Gasteiger partial charge in [0.1, 0.15) is 5.75 Å². The molecular weight excluding hydrogens is 246 g/mol. The number of carboxylic acids is 1. The van der Waals surface area contributed by atoms with Crippen molar-refractivity contribution in [2.24, 2.45) is 0 Å². The number of aliphatic carboxylic acids is 1. The normalized spacial score (nSPS) is 12.6. The first-order chi connectivity index (χ1) is 7.43. The molecule has 0 bridgehead atoms. The molecule has 0 saturated heterocycles. The summed E-state index contributed by atoms with van der Waals surface area (Å²) >= 11 is 5.61. The van der Waals surface area contributed by atoms with Gasteiger partial charge in [0.05, 0.1) is 5.02 Å². The van der Waals surface area contributed by atoms with Gasteiger partial charge in [-0.15, -0.1) is 0 Å². The molecule has 0 aliphatic rings. The maximum absolute atomic E-state index is 11.9. The lowest BCUT2D eigenvalue weighted by atomic mass is 10.1. The maximum Gasteiger partial charge on any atom is 0.387 e. The molecule has 0 heterocycles. The smallest absolute Gasteiger partial charge is 0.387 e. The Hall–Kier alpha value is -1.40. The molecule has 0 amide bonds. The van der Waals surface area contributed by atoms with Crippen molar-refractivity contribution in [1.82, 2.24) is 0 Å². The number of benzene rings is 1. The van der Waals surface area contributed by atoms with Crippen LogP contribution in [0, 0.1) is 0 Å². The predicted octanol–water partition coefficient (Wildman–Crippen LogP) is 2.06. The quantitative estimate of drug-likeness (QED) is 0.861. The van der Waals surface area contributed by atoms with Crippen LogP contribution >= 0.6 is 11.6 Å². The molecule has 16 heavy (non-hydrogen) atoms. The van der Waals surface area contributed by atoms with Crippen molar-refractivity contribution < 1.29 is 28.5 Å². The Morgan fingerprint density at radius 2 is 2.06 bits per heavy atom. The van der Waals surface area contributed by atoms with Crippen LogP contribution in [0.5, 0.6) is 5.75 Å². The fourth-order valence-electron chi connectivity index (χ4n) is 1.06. The highest BCUT2D eigenvalue weighted by atomic mass is 35.5. The zero-order valence-electron chi connectivity index (χ0n) is 7.73. The number of carboxylic acid groups (broad SMARTS) is 1. The molecule has 0 spiro atoms. The molecular formula is C9H7ClF2O4. The van der Waals surface area contributed by atoms with Crippen LogP contribution in [0.25, 0.3) is 0 Å². The van der Waals surface area contributed by atoms with Gasteiger partial charge in [0.2, 0.25) is 0 Å². The van der Waals surface area contributed by atoms with E-state index in [1.54, 1.807) is 0 Å². The Morgan fingerprint density at radius 1 is 1.44 bits per heavy atom. The van der Waals surface area contributed by atoms with Crippen LogP contribution in [0.2, 0.25) is 5.02 Å². The number of carbonyl (C=O) groups is 1. The van der Waals surface area contributed by atoms with Gasteiger partial charge in [0, 0.05) is 5.56 Å². The Labute approximate surface area is 94.0 Å². The summed E-state index contributed by atoms with van der Waals surface area (Å²) in [5.41, 5.74) is -0.202. The Kier molecular flexibility index (Phi) is 4.03. The highest BCUT2D eigenvalue weighted by Crippen LogP contribution is 2.32. The molecule has 0 fully saturated rings. The number of ether oxygens (including phenoxy) is 1. The van der Waals surface area contributed by atoms with E-state index in [4.69, 9.17) is 16.7 Å². The van der Waals surface area contributed by atoms with Gasteiger partial charge < -0.3 is 14.9 Å². The van der Waals surface area contributed by atoms with Gasteiger partial charge in [-0.3, -0.25) is 0 Å². The third-order valence-electron chi connectivity index (χ3n) is 1.74. The zero-order valence-corrected chi connectivity index (χ0v) is 8.49. The lowest BCUT2D eigenvalue weighted by Gasteiger charge is -2.12. The Bertz CT molecular complexity index is 397. The van der Waals surface area contributed by atoms with Crippen LogP contribution < -0.4 is 4.74 Å². The fourth-order valence-corrected chi connectivity index (χ4v) is 1.33. The van der Waals surface area contributed by atoms with Gasteiger partial charge >= 0.3 is 12.6 Å². The number of aliphatic hydroxyl groups is 1. The number of halogens is 3. The number of hydrogen-bond donors (Lipinski definition) is 2. The van der Waals surface area contributed by atoms with Crippen LogP contribution in [-0.4, -0.2) is 22.8 Å².